The molecule has 0 saturated carbocycles. The highest BCUT2D eigenvalue weighted by Gasteiger charge is 2.24. The zero-order valence-corrected chi connectivity index (χ0v) is 18.1. The van der Waals surface area contributed by atoms with Crippen molar-refractivity contribution in [2.45, 2.75) is 46.2 Å². The van der Waals surface area contributed by atoms with Gasteiger partial charge in [-0.15, -0.1) is 0 Å². The van der Waals surface area contributed by atoms with Gasteiger partial charge in [0.25, 0.3) is 0 Å². The van der Waals surface area contributed by atoms with E-state index in [0.29, 0.717) is 17.0 Å². The number of piperidine rings is 1. The lowest BCUT2D eigenvalue weighted by Gasteiger charge is -2.32. The van der Waals surface area contributed by atoms with Crippen molar-refractivity contribution in [1.29, 1.82) is 0 Å². The van der Waals surface area contributed by atoms with Crippen LogP contribution in [-0.4, -0.2) is 34.7 Å². The average Bonchev–Trinajstić information content (AvgIpc) is 3.16. The normalized spacial score (nSPS) is 18.5. The minimum atomic E-state index is 0.570. The first-order valence-electron chi connectivity index (χ1n) is 10.6. The lowest BCUT2D eigenvalue weighted by Crippen LogP contribution is -2.35. The van der Waals surface area contributed by atoms with Gasteiger partial charge in [-0.2, -0.15) is 9.97 Å². The largest absolute Gasteiger partial charge is 0.362 e. The smallest absolute Gasteiger partial charge is 0.232 e. The number of nitrogens with zero attached hydrogens (tertiary/aromatic N) is 4. The van der Waals surface area contributed by atoms with Gasteiger partial charge < -0.3 is 20.4 Å². The van der Waals surface area contributed by atoms with E-state index in [2.05, 4.69) is 64.6 Å². The molecule has 1 fully saturated rings. The van der Waals surface area contributed by atoms with Crippen LogP contribution in [0.2, 0.25) is 0 Å². The van der Waals surface area contributed by atoms with E-state index >= 15 is 0 Å². The molecule has 0 bridgehead atoms. The number of hydrogen-bond donors (Lipinski definition) is 2. The fourth-order valence-electron chi connectivity index (χ4n) is 4.08. The summed E-state index contributed by atoms with van der Waals surface area (Å²) in [5, 5.41) is 6.98. The van der Waals surface area contributed by atoms with E-state index in [1.807, 2.05) is 0 Å². The number of fused-ring (bicyclic) bond motifs is 1. The molecule has 29 heavy (non-hydrogen) atoms. The molecule has 1 atom stereocenters. The molecule has 0 amide bonds. The number of hydrogen-bond acceptors (Lipinski definition) is 5. The highest BCUT2D eigenvalue weighted by molar-refractivity contribution is 7.80. The zero-order chi connectivity index (χ0) is 20.2. The summed E-state index contributed by atoms with van der Waals surface area (Å²) in [5.74, 6) is 3.19. The first-order valence-corrected chi connectivity index (χ1v) is 11.0. The first-order chi connectivity index (χ1) is 14.1. The monoisotopic (exact) mass is 410 g/mol. The van der Waals surface area contributed by atoms with E-state index in [1.54, 1.807) is 0 Å². The molecule has 0 aliphatic carbocycles. The topological polar surface area (TPSA) is 56.3 Å². The Kier molecular flexibility index (Phi) is 6.13. The summed E-state index contributed by atoms with van der Waals surface area (Å²) in [7, 11) is 0. The van der Waals surface area contributed by atoms with Crippen LogP contribution in [0.25, 0.3) is 0 Å². The molecule has 4 rings (SSSR count). The number of nitrogens with one attached hydrogen (secondary N) is 2. The van der Waals surface area contributed by atoms with Crippen molar-refractivity contribution < 1.29 is 0 Å². The van der Waals surface area contributed by atoms with Gasteiger partial charge in [0.1, 0.15) is 11.6 Å². The maximum atomic E-state index is 5.43. The third-order valence-electron chi connectivity index (χ3n) is 5.61. The predicted octanol–water partition coefficient (Wildman–Crippen LogP) is 3.93. The predicted molar refractivity (Wildman–Crippen MR) is 123 cm³/mol. The van der Waals surface area contributed by atoms with E-state index in [1.165, 1.54) is 24.0 Å². The molecule has 0 radical (unpaired) electrons. The second kappa shape index (κ2) is 8.95. The Labute approximate surface area is 178 Å². The van der Waals surface area contributed by atoms with Gasteiger partial charge in [-0.1, -0.05) is 38.1 Å². The van der Waals surface area contributed by atoms with E-state index in [-0.39, 0.29) is 0 Å². The maximum Gasteiger partial charge on any atom is 0.232 e. The molecular formula is C22H30N6S. The number of aromatic nitrogens is 2. The number of anilines is 3. The maximum absolute atomic E-state index is 5.43. The van der Waals surface area contributed by atoms with Crippen LogP contribution in [0.1, 0.15) is 44.2 Å². The van der Waals surface area contributed by atoms with Crippen LogP contribution in [0, 0.1) is 5.92 Å². The van der Waals surface area contributed by atoms with Crippen molar-refractivity contribution in [2.75, 3.05) is 34.8 Å². The second-order valence-electron chi connectivity index (χ2n) is 8.11. The fraction of sp³-hybridized carbons (Fsp3) is 0.500. The SMILES string of the molecule is CCCNC(=S)Nc1nc(N2Cc3ccccc3C2)cc(N2CCCC(C)C2)n1. The molecule has 154 valence electrons. The van der Waals surface area contributed by atoms with Crippen molar-refractivity contribution >= 4 is 34.9 Å². The summed E-state index contributed by atoms with van der Waals surface area (Å²) in [6, 6.07) is 10.7. The summed E-state index contributed by atoms with van der Waals surface area (Å²) in [6.07, 6.45) is 3.51. The highest BCUT2D eigenvalue weighted by Crippen LogP contribution is 2.31. The minimum absolute atomic E-state index is 0.570. The van der Waals surface area contributed by atoms with Crippen LogP contribution < -0.4 is 20.4 Å². The van der Waals surface area contributed by atoms with Gasteiger partial charge in [-0.25, -0.2) is 0 Å². The van der Waals surface area contributed by atoms with Crippen molar-refractivity contribution in [2.24, 2.45) is 5.92 Å². The third kappa shape index (κ3) is 4.78. The highest BCUT2D eigenvalue weighted by atomic mass is 32.1. The minimum Gasteiger partial charge on any atom is -0.362 e. The number of benzene rings is 1. The van der Waals surface area contributed by atoms with Crippen LogP contribution >= 0.6 is 12.2 Å². The molecule has 2 aliphatic heterocycles. The van der Waals surface area contributed by atoms with Gasteiger partial charge in [0.2, 0.25) is 5.95 Å². The Morgan fingerprint density at radius 1 is 1.14 bits per heavy atom. The fourth-order valence-corrected chi connectivity index (χ4v) is 4.27. The Morgan fingerprint density at radius 2 is 1.83 bits per heavy atom. The lowest BCUT2D eigenvalue weighted by molar-refractivity contribution is 0.444. The van der Waals surface area contributed by atoms with E-state index in [0.717, 1.165) is 50.8 Å². The van der Waals surface area contributed by atoms with Gasteiger partial charge in [0, 0.05) is 38.8 Å². The molecular weight excluding hydrogens is 380 g/mol. The molecule has 0 spiro atoms. The van der Waals surface area contributed by atoms with E-state index < -0.39 is 0 Å². The molecule has 7 heteroatoms. The van der Waals surface area contributed by atoms with Crippen LogP contribution in [0.5, 0.6) is 0 Å². The molecule has 1 unspecified atom stereocenters. The zero-order valence-electron chi connectivity index (χ0n) is 17.3. The molecule has 2 aromatic rings. The summed E-state index contributed by atoms with van der Waals surface area (Å²) < 4.78 is 0. The van der Waals surface area contributed by atoms with Crippen LogP contribution in [-0.2, 0) is 13.1 Å². The molecule has 2 aliphatic rings. The van der Waals surface area contributed by atoms with E-state index in [9.17, 15) is 0 Å². The molecule has 3 heterocycles. The number of thiocarbonyl (C=S) groups is 1. The van der Waals surface area contributed by atoms with Crippen LogP contribution in [0.15, 0.2) is 30.3 Å². The lowest BCUT2D eigenvalue weighted by atomic mass is 10.0. The summed E-state index contributed by atoms with van der Waals surface area (Å²) >= 11 is 5.43. The van der Waals surface area contributed by atoms with E-state index in [4.69, 9.17) is 22.2 Å². The van der Waals surface area contributed by atoms with Crippen molar-refractivity contribution in [3.63, 3.8) is 0 Å². The average molecular weight is 411 g/mol. The molecule has 2 N–H and O–H groups in total. The summed E-state index contributed by atoms with van der Waals surface area (Å²) in [6.45, 7) is 9.10. The third-order valence-corrected chi connectivity index (χ3v) is 5.85. The summed E-state index contributed by atoms with van der Waals surface area (Å²) in [4.78, 5) is 14.3. The standard InChI is InChI=1S/C22H30N6S/c1-3-10-23-22(29)26-21-24-19(27-11-6-7-16(2)13-27)12-20(25-21)28-14-17-8-4-5-9-18(17)15-28/h4-5,8-9,12,16H,3,6-7,10-11,13-15H2,1-2H3,(H2,23,24,25,26,29). The van der Waals surface area contributed by atoms with Crippen molar-refractivity contribution in [3.8, 4) is 0 Å². The molecule has 1 aromatic carbocycles. The van der Waals surface area contributed by atoms with Crippen molar-refractivity contribution in [1.82, 2.24) is 15.3 Å². The Morgan fingerprint density at radius 3 is 2.48 bits per heavy atom. The summed E-state index contributed by atoms with van der Waals surface area (Å²) in [5.41, 5.74) is 2.74. The Hall–Kier alpha value is -2.41. The van der Waals surface area contributed by atoms with Crippen LogP contribution in [0.3, 0.4) is 0 Å². The van der Waals surface area contributed by atoms with Crippen LogP contribution in [0.4, 0.5) is 17.6 Å². The quantitative estimate of drug-likeness (QED) is 0.724. The van der Waals surface area contributed by atoms with Gasteiger partial charge in [0.05, 0.1) is 0 Å². The molecule has 6 nitrogen and oxygen atoms in total. The Balaban J connectivity index is 1.60. The van der Waals surface area contributed by atoms with Gasteiger partial charge >= 0.3 is 0 Å². The molecule has 1 aromatic heterocycles. The second-order valence-corrected chi connectivity index (χ2v) is 8.52. The van der Waals surface area contributed by atoms with Crippen molar-refractivity contribution in [3.05, 3.63) is 41.5 Å². The Bertz CT molecular complexity index is 845. The van der Waals surface area contributed by atoms with Gasteiger partial charge in [-0.3, -0.25) is 0 Å². The van der Waals surface area contributed by atoms with Gasteiger partial charge in [0.15, 0.2) is 5.11 Å². The first kappa shape index (κ1) is 19.9. The van der Waals surface area contributed by atoms with Gasteiger partial charge in [-0.05, 0) is 48.5 Å². The number of rotatable bonds is 5. The molecule has 1 saturated heterocycles.